The Morgan fingerprint density at radius 1 is 0.444 bits per heavy atom. The summed E-state index contributed by atoms with van der Waals surface area (Å²) in [6.07, 6.45) is 1.92. The van der Waals surface area contributed by atoms with Gasteiger partial charge in [0, 0.05) is 39.0 Å². The molecule has 0 saturated carbocycles. The first-order valence-corrected chi connectivity index (χ1v) is 14.9. The van der Waals surface area contributed by atoms with Crippen LogP contribution in [-0.4, -0.2) is 19.9 Å². The molecule has 9 rings (SSSR count). The molecule has 5 nitrogen and oxygen atoms in total. The molecule has 0 saturated heterocycles. The van der Waals surface area contributed by atoms with Gasteiger partial charge >= 0.3 is 0 Å². The van der Waals surface area contributed by atoms with Crippen molar-refractivity contribution >= 4 is 43.6 Å². The van der Waals surface area contributed by atoms with E-state index in [9.17, 15) is 0 Å². The van der Waals surface area contributed by atoms with Crippen LogP contribution in [0.4, 0.5) is 0 Å². The van der Waals surface area contributed by atoms with Gasteiger partial charge in [-0.1, -0.05) is 115 Å². The number of rotatable bonds is 4. The molecule has 3 aromatic heterocycles. The predicted molar refractivity (Wildman–Crippen MR) is 182 cm³/mol. The van der Waals surface area contributed by atoms with E-state index in [1.165, 1.54) is 5.39 Å². The second-order valence-electron chi connectivity index (χ2n) is 11.1. The molecule has 0 unspecified atom stereocenters. The first-order valence-electron chi connectivity index (χ1n) is 14.9. The maximum absolute atomic E-state index is 6.48. The summed E-state index contributed by atoms with van der Waals surface area (Å²) >= 11 is 0. The molecule has 0 aliphatic heterocycles. The zero-order valence-corrected chi connectivity index (χ0v) is 24.1. The van der Waals surface area contributed by atoms with Crippen molar-refractivity contribution in [1.29, 1.82) is 0 Å². The normalized spacial score (nSPS) is 11.6. The third-order valence-corrected chi connectivity index (χ3v) is 8.37. The lowest BCUT2D eigenvalue weighted by Crippen LogP contribution is -2.01. The molecule has 6 aromatic carbocycles. The maximum atomic E-state index is 6.48. The fraction of sp³-hybridized carbons (Fsp3) is 0. The molecule has 210 valence electrons. The molecule has 0 spiro atoms. The molecule has 45 heavy (non-hydrogen) atoms. The second kappa shape index (κ2) is 10.2. The first-order chi connectivity index (χ1) is 22.3. The molecule has 0 bridgehead atoms. The third kappa shape index (κ3) is 4.25. The molecule has 0 aliphatic rings. The number of pyridine rings is 1. The minimum atomic E-state index is 0.607. The summed E-state index contributed by atoms with van der Waals surface area (Å²) in [6.45, 7) is 0. The fourth-order valence-electron chi connectivity index (χ4n) is 6.22. The van der Waals surface area contributed by atoms with Gasteiger partial charge in [-0.2, -0.15) is 0 Å². The number of nitrogens with zero attached hydrogens (tertiary/aromatic N) is 4. The van der Waals surface area contributed by atoms with Crippen LogP contribution < -0.4 is 0 Å². The SMILES string of the molecule is c1ccc(-c2nc(-c3ccc4ccccc4c3)nc(-c3ccccc3-c3cccc4oc5c6ccccc6ncc5c34)n2)cc1. The minimum Gasteiger partial charge on any atom is -0.455 e. The van der Waals surface area contributed by atoms with Gasteiger partial charge in [0.05, 0.1) is 5.52 Å². The average Bonchev–Trinajstić information content (AvgIpc) is 3.51. The van der Waals surface area contributed by atoms with Gasteiger partial charge in [-0.15, -0.1) is 0 Å². The number of hydrogen-bond donors (Lipinski definition) is 0. The summed E-state index contributed by atoms with van der Waals surface area (Å²) in [5, 5.41) is 5.30. The Morgan fingerprint density at radius 2 is 1.13 bits per heavy atom. The van der Waals surface area contributed by atoms with Crippen molar-refractivity contribution in [3.8, 4) is 45.3 Å². The van der Waals surface area contributed by atoms with E-state index in [2.05, 4.69) is 72.8 Å². The van der Waals surface area contributed by atoms with Crippen molar-refractivity contribution in [1.82, 2.24) is 19.9 Å². The molecule has 9 aromatic rings. The van der Waals surface area contributed by atoms with Gasteiger partial charge in [0.2, 0.25) is 0 Å². The maximum Gasteiger partial charge on any atom is 0.164 e. The van der Waals surface area contributed by atoms with E-state index in [0.717, 1.165) is 66.0 Å². The number of aromatic nitrogens is 4. The molecular weight excluding hydrogens is 552 g/mol. The van der Waals surface area contributed by atoms with E-state index in [0.29, 0.717) is 17.5 Å². The first kappa shape index (κ1) is 25.3. The summed E-state index contributed by atoms with van der Waals surface area (Å²) in [6, 6.07) is 47.3. The Bertz CT molecular complexity index is 2550. The topological polar surface area (TPSA) is 64.7 Å². The predicted octanol–water partition coefficient (Wildman–Crippen LogP) is 10.1. The molecule has 5 heteroatoms. The lowest BCUT2D eigenvalue weighted by atomic mass is 9.95. The second-order valence-corrected chi connectivity index (χ2v) is 11.1. The molecular formula is C40H24N4O. The Balaban J connectivity index is 1.29. The van der Waals surface area contributed by atoms with Crippen LogP contribution in [0.2, 0.25) is 0 Å². The van der Waals surface area contributed by atoms with Crippen LogP contribution in [0.25, 0.3) is 88.9 Å². The molecule has 0 radical (unpaired) electrons. The summed E-state index contributed by atoms with van der Waals surface area (Å²) in [7, 11) is 0. The number of fused-ring (bicyclic) bond motifs is 6. The summed E-state index contributed by atoms with van der Waals surface area (Å²) in [4.78, 5) is 19.9. The zero-order valence-electron chi connectivity index (χ0n) is 24.1. The van der Waals surface area contributed by atoms with Crippen molar-refractivity contribution < 1.29 is 4.42 Å². The molecule has 3 heterocycles. The van der Waals surface area contributed by atoms with E-state index >= 15 is 0 Å². The number of benzene rings is 6. The standard InChI is InChI=1S/C40H24N4O/c1-2-12-26(13-3-1)38-42-39(28-22-21-25-11-4-5-14-27(25)23-28)44-40(43-38)31-16-7-6-15-29(31)30-18-10-20-35-36(30)33-24-41-34-19-9-8-17-32(34)37(33)45-35/h1-24H. The largest absolute Gasteiger partial charge is 0.455 e. The van der Waals surface area contributed by atoms with Gasteiger partial charge in [-0.05, 0) is 46.2 Å². The van der Waals surface area contributed by atoms with E-state index in [1.807, 2.05) is 72.9 Å². The molecule has 0 amide bonds. The highest BCUT2D eigenvalue weighted by Gasteiger charge is 2.20. The summed E-state index contributed by atoms with van der Waals surface area (Å²) in [5.74, 6) is 1.86. The van der Waals surface area contributed by atoms with Crippen molar-refractivity contribution in [3.63, 3.8) is 0 Å². The molecule has 0 aliphatic carbocycles. The quantitative estimate of drug-likeness (QED) is 0.209. The highest BCUT2D eigenvalue weighted by Crippen LogP contribution is 2.41. The molecule has 0 N–H and O–H groups in total. The van der Waals surface area contributed by atoms with Crippen molar-refractivity contribution in [3.05, 3.63) is 146 Å². The van der Waals surface area contributed by atoms with Crippen molar-refractivity contribution in [2.45, 2.75) is 0 Å². The molecule has 0 fully saturated rings. The van der Waals surface area contributed by atoms with Crippen LogP contribution >= 0.6 is 0 Å². The summed E-state index contributed by atoms with van der Waals surface area (Å²) in [5.41, 5.74) is 7.38. The smallest absolute Gasteiger partial charge is 0.164 e. The molecule has 0 atom stereocenters. The van der Waals surface area contributed by atoms with Gasteiger partial charge in [-0.3, -0.25) is 4.98 Å². The average molecular weight is 577 g/mol. The number of para-hydroxylation sites is 1. The van der Waals surface area contributed by atoms with E-state index < -0.39 is 0 Å². The Hall–Kier alpha value is -6.20. The van der Waals surface area contributed by atoms with Gasteiger partial charge in [-0.25, -0.2) is 15.0 Å². The Morgan fingerprint density at radius 3 is 2.02 bits per heavy atom. The Kier molecular flexibility index (Phi) is 5.74. The van der Waals surface area contributed by atoms with Crippen LogP contribution in [0.15, 0.2) is 150 Å². The zero-order chi connectivity index (χ0) is 29.7. The number of hydrogen-bond acceptors (Lipinski definition) is 5. The van der Waals surface area contributed by atoms with E-state index in [4.69, 9.17) is 24.4 Å². The lowest BCUT2D eigenvalue weighted by Gasteiger charge is -2.13. The van der Waals surface area contributed by atoms with Crippen molar-refractivity contribution in [2.24, 2.45) is 0 Å². The van der Waals surface area contributed by atoms with Crippen LogP contribution in [0.3, 0.4) is 0 Å². The highest BCUT2D eigenvalue weighted by atomic mass is 16.3. The van der Waals surface area contributed by atoms with Gasteiger partial charge in [0.15, 0.2) is 17.5 Å². The summed E-state index contributed by atoms with van der Waals surface area (Å²) < 4.78 is 6.48. The number of furan rings is 1. The van der Waals surface area contributed by atoms with Gasteiger partial charge < -0.3 is 4.42 Å². The van der Waals surface area contributed by atoms with Gasteiger partial charge in [0.1, 0.15) is 11.2 Å². The highest BCUT2D eigenvalue weighted by molar-refractivity contribution is 6.18. The monoisotopic (exact) mass is 576 g/mol. The van der Waals surface area contributed by atoms with Gasteiger partial charge in [0.25, 0.3) is 0 Å². The van der Waals surface area contributed by atoms with Crippen molar-refractivity contribution in [2.75, 3.05) is 0 Å². The van der Waals surface area contributed by atoms with Crippen LogP contribution in [0, 0.1) is 0 Å². The fourth-order valence-corrected chi connectivity index (χ4v) is 6.22. The van der Waals surface area contributed by atoms with E-state index in [-0.39, 0.29) is 0 Å². The Labute approximate surface area is 258 Å². The van der Waals surface area contributed by atoms with Crippen LogP contribution in [-0.2, 0) is 0 Å². The minimum absolute atomic E-state index is 0.607. The van der Waals surface area contributed by atoms with Crippen LogP contribution in [0.1, 0.15) is 0 Å². The lowest BCUT2D eigenvalue weighted by molar-refractivity contribution is 0.672. The van der Waals surface area contributed by atoms with Crippen LogP contribution in [0.5, 0.6) is 0 Å². The third-order valence-electron chi connectivity index (χ3n) is 8.37. The van der Waals surface area contributed by atoms with E-state index in [1.54, 1.807) is 0 Å².